The smallest absolute Gasteiger partial charge is 0.320 e. The average molecular weight is 276 g/mol. The molecule has 3 rings (SSSR count). The number of fused-ring (bicyclic) bond motifs is 1. The van der Waals surface area contributed by atoms with Crippen molar-refractivity contribution in [3.8, 4) is 0 Å². The van der Waals surface area contributed by atoms with Gasteiger partial charge in [0.2, 0.25) is 0 Å². The SMILES string of the molecule is CC(C(=O)O)N(Cc1nc2ccccc2s1)C1CC1. The number of nitrogens with zero attached hydrogens (tertiary/aromatic N) is 2. The van der Waals surface area contributed by atoms with Crippen molar-refractivity contribution in [1.82, 2.24) is 9.88 Å². The lowest BCUT2D eigenvalue weighted by Crippen LogP contribution is -2.39. The molecule has 1 fully saturated rings. The summed E-state index contributed by atoms with van der Waals surface area (Å²) in [5.74, 6) is -0.756. The number of carbonyl (C=O) groups is 1. The van der Waals surface area contributed by atoms with Crippen LogP contribution in [0.3, 0.4) is 0 Å². The molecule has 1 N–H and O–H groups in total. The molecular formula is C14H16N2O2S. The van der Waals surface area contributed by atoms with Gasteiger partial charge in [0.05, 0.1) is 16.8 Å². The number of benzene rings is 1. The molecule has 0 saturated heterocycles. The Balaban J connectivity index is 1.83. The van der Waals surface area contributed by atoms with Gasteiger partial charge in [0.25, 0.3) is 0 Å². The molecule has 1 aliphatic carbocycles. The first-order valence-electron chi connectivity index (χ1n) is 6.48. The van der Waals surface area contributed by atoms with Crippen molar-refractivity contribution in [2.75, 3.05) is 0 Å². The van der Waals surface area contributed by atoms with Gasteiger partial charge in [-0.25, -0.2) is 4.98 Å². The topological polar surface area (TPSA) is 53.4 Å². The summed E-state index contributed by atoms with van der Waals surface area (Å²) in [6.07, 6.45) is 2.20. The highest BCUT2D eigenvalue weighted by Crippen LogP contribution is 2.32. The van der Waals surface area contributed by atoms with E-state index in [2.05, 4.69) is 16.0 Å². The van der Waals surface area contributed by atoms with E-state index in [1.54, 1.807) is 18.3 Å². The molecule has 2 aromatic rings. The molecule has 1 aliphatic rings. The second-order valence-corrected chi connectivity index (χ2v) is 6.11. The fourth-order valence-corrected chi connectivity index (χ4v) is 3.25. The van der Waals surface area contributed by atoms with Crippen LogP contribution in [-0.4, -0.2) is 33.0 Å². The largest absolute Gasteiger partial charge is 0.480 e. The Bertz CT molecular complexity index is 573. The number of thiazole rings is 1. The van der Waals surface area contributed by atoms with Gasteiger partial charge in [-0.3, -0.25) is 9.69 Å². The van der Waals surface area contributed by atoms with E-state index < -0.39 is 12.0 Å². The molecule has 0 amide bonds. The van der Waals surface area contributed by atoms with Crippen molar-refractivity contribution >= 4 is 27.5 Å². The van der Waals surface area contributed by atoms with Crippen LogP contribution in [0.4, 0.5) is 0 Å². The highest BCUT2D eigenvalue weighted by molar-refractivity contribution is 7.18. The van der Waals surface area contributed by atoms with Crippen molar-refractivity contribution < 1.29 is 9.90 Å². The molecule has 100 valence electrons. The van der Waals surface area contributed by atoms with Gasteiger partial charge in [0, 0.05) is 6.04 Å². The zero-order valence-electron chi connectivity index (χ0n) is 10.7. The Morgan fingerprint density at radius 1 is 1.53 bits per heavy atom. The molecule has 0 aliphatic heterocycles. The highest BCUT2D eigenvalue weighted by atomic mass is 32.1. The molecule has 19 heavy (non-hydrogen) atoms. The standard InChI is InChI=1S/C14H16N2O2S/c1-9(14(17)18)16(10-6-7-10)8-13-15-11-4-2-3-5-12(11)19-13/h2-5,9-10H,6-8H2,1H3,(H,17,18). The van der Waals surface area contributed by atoms with Crippen LogP contribution < -0.4 is 0 Å². The third kappa shape index (κ3) is 2.62. The lowest BCUT2D eigenvalue weighted by Gasteiger charge is -2.24. The van der Waals surface area contributed by atoms with Gasteiger partial charge in [-0.2, -0.15) is 0 Å². The lowest BCUT2D eigenvalue weighted by atomic mass is 10.2. The van der Waals surface area contributed by atoms with Gasteiger partial charge in [0.15, 0.2) is 0 Å². The lowest BCUT2D eigenvalue weighted by molar-refractivity contribution is -0.143. The van der Waals surface area contributed by atoms with Crippen LogP contribution in [0.5, 0.6) is 0 Å². The number of rotatable bonds is 5. The zero-order chi connectivity index (χ0) is 13.4. The van der Waals surface area contributed by atoms with Gasteiger partial charge in [-0.05, 0) is 31.9 Å². The van der Waals surface area contributed by atoms with E-state index in [4.69, 9.17) is 0 Å². The van der Waals surface area contributed by atoms with Gasteiger partial charge in [0.1, 0.15) is 11.0 Å². The van der Waals surface area contributed by atoms with Gasteiger partial charge < -0.3 is 5.11 Å². The van der Waals surface area contributed by atoms with Crippen molar-refractivity contribution in [3.05, 3.63) is 29.3 Å². The molecule has 4 nitrogen and oxygen atoms in total. The van der Waals surface area contributed by atoms with E-state index in [9.17, 15) is 9.90 Å². The summed E-state index contributed by atoms with van der Waals surface area (Å²) in [5, 5.41) is 10.2. The monoisotopic (exact) mass is 276 g/mol. The number of hydrogen-bond donors (Lipinski definition) is 1. The first-order valence-corrected chi connectivity index (χ1v) is 7.30. The first-order chi connectivity index (χ1) is 9.15. The predicted octanol–water partition coefficient (Wildman–Crippen LogP) is 2.73. The van der Waals surface area contributed by atoms with Crippen LogP contribution in [0.15, 0.2) is 24.3 Å². The minimum atomic E-state index is -0.756. The Morgan fingerprint density at radius 3 is 2.89 bits per heavy atom. The Morgan fingerprint density at radius 2 is 2.26 bits per heavy atom. The highest BCUT2D eigenvalue weighted by Gasteiger charge is 2.35. The van der Waals surface area contributed by atoms with Crippen LogP contribution in [0.1, 0.15) is 24.8 Å². The molecule has 1 heterocycles. The maximum absolute atomic E-state index is 11.2. The first kappa shape index (κ1) is 12.6. The molecule has 5 heteroatoms. The number of aromatic nitrogens is 1. The van der Waals surface area contributed by atoms with E-state index in [-0.39, 0.29) is 0 Å². The molecule has 1 aromatic heterocycles. The fraction of sp³-hybridized carbons (Fsp3) is 0.429. The van der Waals surface area contributed by atoms with Crippen LogP contribution >= 0.6 is 11.3 Å². The van der Waals surface area contributed by atoms with E-state index in [1.807, 2.05) is 18.2 Å². The third-order valence-electron chi connectivity index (χ3n) is 3.53. The minimum absolute atomic E-state index is 0.415. The Labute approximate surface area is 115 Å². The number of carboxylic acids is 1. The minimum Gasteiger partial charge on any atom is -0.480 e. The van der Waals surface area contributed by atoms with Crippen molar-refractivity contribution in [2.45, 2.75) is 38.4 Å². The molecule has 1 saturated carbocycles. The Hall–Kier alpha value is -1.46. The summed E-state index contributed by atoms with van der Waals surface area (Å²) in [4.78, 5) is 17.8. The van der Waals surface area contributed by atoms with Crippen LogP contribution in [0.25, 0.3) is 10.2 Å². The average Bonchev–Trinajstić information content (AvgIpc) is 3.14. The van der Waals surface area contributed by atoms with Crippen LogP contribution in [-0.2, 0) is 11.3 Å². The molecule has 0 spiro atoms. The quantitative estimate of drug-likeness (QED) is 0.912. The van der Waals surface area contributed by atoms with E-state index in [0.717, 1.165) is 28.1 Å². The zero-order valence-corrected chi connectivity index (χ0v) is 11.6. The molecule has 1 aromatic carbocycles. The summed E-state index contributed by atoms with van der Waals surface area (Å²) in [6.45, 7) is 2.39. The number of hydrogen-bond acceptors (Lipinski definition) is 4. The number of carboxylic acid groups (broad SMARTS) is 1. The van der Waals surface area contributed by atoms with E-state index in [0.29, 0.717) is 12.6 Å². The van der Waals surface area contributed by atoms with Gasteiger partial charge in [-0.15, -0.1) is 11.3 Å². The molecular weight excluding hydrogens is 260 g/mol. The summed E-state index contributed by atoms with van der Waals surface area (Å²) in [5.41, 5.74) is 1.00. The summed E-state index contributed by atoms with van der Waals surface area (Å²) in [7, 11) is 0. The summed E-state index contributed by atoms with van der Waals surface area (Å²) >= 11 is 1.65. The summed E-state index contributed by atoms with van der Waals surface area (Å²) in [6, 6.07) is 8.00. The third-order valence-corrected chi connectivity index (χ3v) is 4.55. The summed E-state index contributed by atoms with van der Waals surface area (Å²) < 4.78 is 1.16. The van der Waals surface area contributed by atoms with Gasteiger partial charge >= 0.3 is 5.97 Å². The normalized spacial score (nSPS) is 16.9. The second kappa shape index (κ2) is 4.90. The molecule has 0 radical (unpaired) electrons. The van der Waals surface area contributed by atoms with Crippen LogP contribution in [0.2, 0.25) is 0 Å². The number of aliphatic carboxylic acids is 1. The van der Waals surface area contributed by atoms with E-state index in [1.165, 1.54) is 0 Å². The Kier molecular flexibility index (Phi) is 3.24. The number of para-hydroxylation sites is 1. The molecule has 1 unspecified atom stereocenters. The van der Waals surface area contributed by atoms with Crippen LogP contribution in [0, 0.1) is 0 Å². The molecule has 0 bridgehead atoms. The van der Waals surface area contributed by atoms with E-state index >= 15 is 0 Å². The second-order valence-electron chi connectivity index (χ2n) is 4.99. The van der Waals surface area contributed by atoms with Gasteiger partial charge in [-0.1, -0.05) is 12.1 Å². The van der Waals surface area contributed by atoms with Crippen molar-refractivity contribution in [2.24, 2.45) is 0 Å². The maximum Gasteiger partial charge on any atom is 0.320 e. The van der Waals surface area contributed by atoms with Crippen molar-refractivity contribution in [1.29, 1.82) is 0 Å². The predicted molar refractivity (Wildman–Crippen MR) is 75.3 cm³/mol. The maximum atomic E-state index is 11.2. The molecule has 1 atom stereocenters. The van der Waals surface area contributed by atoms with Crippen molar-refractivity contribution in [3.63, 3.8) is 0 Å². The fourth-order valence-electron chi connectivity index (χ4n) is 2.27.